The van der Waals surface area contributed by atoms with E-state index >= 15 is 0 Å². The second-order valence-corrected chi connectivity index (χ2v) is 7.11. The van der Waals surface area contributed by atoms with Gasteiger partial charge in [0.2, 0.25) is 0 Å². The Morgan fingerprint density at radius 2 is 1.90 bits per heavy atom. The van der Waals surface area contributed by atoms with Crippen molar-refractivity contribution in [1.29, 1.82) is 0 Å². The average Bonchev–Trinajstić information content (AvgIpc) is 2.79. The number of nitrogens with one attached hydrogen (secondary N) is 1. The summed E-state index contributed by atoms with van der Waals surface area (Å²) in [5.41, 5.74) is 2.19. The van der Waals surface area contributed by atoms with E-state index in [1.165, 1.54) is 5.56 Å². The fourth-order valence-electron chi connectivity index (χ4n) is 3.82. The number of hydrogen-bond donors (Lipinski definition) is 1. The number of nitrogens with zero attached hydrogens (tertiary/aromatic N) is 3. The summed E-state index contributed by atoms with van der Waals surface area (Å²) in [5.74, 6) is 1.26. The number of hydrogen-bond acceptors (Lipinski definition) is 4. The molecule has 0 radical (unpaired) electrons. The van der Waals surface area contributed by atoms with E-state index in [1.807, 2.05) is 23.7 Å². The third kappa shape index (κ3) is 2.37. The van der Waals surface area contributed by atoms with Crippen molar-refractivity contribution in [3.8, 4) is 0 Å². The Balaban J connectivity index is 2.08. The van der Waals surface area contributed by atoms with E-state index in [4.69, 9.17) is 5.10 Å². The molecule has 2 heterocycles. The Morgan fingerprint density at radius 3 is 2.48 bits per heavy atom. The van der Waals surface area contributed by atoms with Gasteiger partial charge in [-0.25, -0.2) is 0 Å². The maximum absolute atomic E-state index is 12.8. The number of aromatic nitrogens is 2. The molecule has 0 unspecified atom stereocenters. The Morgan fingerprint density at radius 1 is 1.24 bits per heavy atom. The monoisotopic (exact) mass is 290 g/mol. The molecule has 0 bridgehead atoms. The fraction of sp³-hybridized carbons (Fsp3) is 0.750. The molecule has 0 aromatic carbocycles. The first-order valence-corrected chi connectivity index (χ1v) is 7.96. The van der Waals surface area contributed by atoms with Crippen molar-refractivity contribution in [2.24, 2.45) is 5.41 Å². The lowest BCUT2D eigenvalue weighted by molar-refractivity contribution is 0.0822. The zero-order valence-corrected chi connectivity index (χ0v) is 13.6. The summed E-state index contributed by atoms with van der Waals surface area (Å²) in [6.07, 6.45) is 3.87. The van der Waals surface area contributed by atoms with Crippen LogP contribution < -0.4 is 10.2 Å². The largest absolute Gasteiger partial charge is 0.361 e. The highest BCUT2D eigenvalue weighted by Crippen LogP contribution is 2.45. The Labute approximate surface area is 126 Å². The maximum Gasteiger partial charge on any atom is 0.181 e. The molecule has 1 aromatic rings. The Bertz CT molecular complexity index is 553. The molecule has 2 aliphatic rings. The molecule has 5 heteroatoms. The van der Waals surface area contributed by atoms with Gasteiger partial charge < -0.3 is 10.2 Å². The lowest BCUT2D eigenvalue weighted by Gasteiger charge is -2.40. The van der Waals surface area contributed by atoms with Crippen molar-refractivity contribution in [2.75, 3.05) is 32.1 Å². The summed E-state index contributed by atoms with van der Waals surface area (Å²) in [4.78, 5) is 14.9. The van der Waals surface area contributed by atoms with Gasteiger partial charge in [0.25, 0.3) is 0 Å². The zero-order chi connectivity index (χ0) is 15.2. The van der Waals surface area contributed by atoms with Crippen LogP contribution >= 0.6 is 0 Å². The van der Waals surface area contributed by atoms with Crippen LogP contribution in [0.4, 0.5) is 5.82 Å². The van der Waals surface area contributed by atoms with Crippen LogP contribution in [-0.2, 0) is 6.42 Å². The minimum atomic E-state index is 0.158. The molecule has 5 nitrogen and oxygen atoms in total. The quantitative estimate of drug-likeness (QED) is 0.905. The second kappa shape index (κ2) is 5.13. The minimum absolute atomic E-state index is 0.158. The first kappa shape index (κ1) is 14.6. The van der Waals surface area contributed by atoms with Crippen molar-refractivity contribution < 1.29 is 4.79 Å². The third-order valence-electron chi connectivity index (χ3n) is 4.92. The molecule has 3 rings (SSSR count). The molecular formula is C16H26N4O. The number of rotatable bonds is 2. The van der Waals surface area contributed by atoms with Crippen LogP contribution in [-0.4, -0.2) is 42.7 Å². The van der Waals surface area contributed by atoms with Gasteiger partial charge in [-0.15, -0.1) is 0 Å². The van der Waals surface area contributed by atoms with E-state index in [1.54, 1.807) is 0 Å². The number of carbonyl (C=O) groups excluding carboxylic acids is 1. The first-order valence-electron chi connectivity index (χ1n) is 7.96. The molecule has 0 saturated carbocycles. The Hall–Kier alpha value is -1.36. The molecule has 1 aromatic heterocycles. The number of fused-ring (bicyclic) bond motifs is 1. The second-order valence-electron chi connectivity index (χ2n) is 7.11. The van der Waals surface area contributed by atoms with Gasteiger partial charge in [0.05, 0.1) is 0 Å². The highest BCUT2D eigenvalue weighted by atomic mass is 16.1. The lowest BCUT2D eigenvalue weighted by atomic mass is 9.67. The molecule has 21 heavy (non-hydrogen) atoms. The van der Waals surface area contributed by atoms with E-state index in [0.29, 0.717) is 6.42 Å². The molecule has 1 fully saturated rings. The van der Waals surface area contributed by atoms with Gasteiger partial charge in [0.15, 0.2) is 11.6 Å². The van der Waals surface area contributed by atoms with Crippen molar-refractivity contribution in [2.45, 2.75) is 45.6 Å². The Kier molecular flexibility index (Phi) is 3.56. The standard InChI is InChI=1S/C16H26N4O/c1-11(2)20-14-12(15(18-20)19(3)4)9-16(10-13(14)21)5-7-17-8-6-16/h11,17H,5-10H2,1-4H3. The number of Topliss-reactive ketones (excluding diaryl/α,β-unsaturated/α-hetero) is 1. The van der Waals surface area contributed by atoms with Gasteiger partial charge in [-0.05, 0) is 51.6 Å². The number of anilines is 1. The summed E-state index contributed by atoms with van der Waals surface area (Å²) in [6.45, 7) is 6.24. The zero-order valence-electron chi connectivity index (χ0n) is 13.6. The van der Waals surface area contributed by atoms with Crippen molar-refractivity contribution in [3.63, 3.8) is 0 Å². The van der Waals surface area contributed by atoms with Crippen LogP contribution in [0.2, 0.25) is 0 Å². The minimum Gasteiger partial charge on any atom is -0.361 e. The number of ketones is 1. The van der Waals surface area contributed by atoms with E-state index in [-0.39, 0.29) is 17.2 Å². The molecule has 1 saturated heterocycles. The SMILES string of the molecule is CC(C)n1nc(N(C)C)c2c1C(=O)CC1(CCNCC1)C2. The van der Waals surface area contributed by atoms with Crippen LogP contribution in [0.25, 0.3) is 0 Å². The van der Waals surface area contributed by atoms with Crippen molar-refractivity contribution in [1.82, 2.24) is 15.1 Å². The van der Waals surface area contributed by atoms with Gasteiger partial charge in [0.1, 0.15) is 5.69 Å². The average molecular weight is 290 g/mol. The summed E-state index contributed by atoms with van der Waals surface area (Å²) >= 11 is 0. The van der Waals surface area contributed by atoms with Crippen LogP contribution in [0.1, 0.15) is 55.2 Å². The predicted octanol–water partition coefficient (Wildman–Crippen LogP) is 2.03. The molecule has 1 aliphatic carbocycles. The maximum atomic E-state index is 12.8. The van der Waals surface area contributed by atoms with Gasteiger partial charge in [0, 0.05) is 32.1 Å². The van der Waals surface area contributed by atoms with Gasteiger partial charge in [-0.3, -0.25) is 9.48 Å². The fourth-order valence-corrected chi connectivity index (χ4v) is 3.82. The normalized spacial score (nSPS) is 20.9. The molecule has 1 aliphatic heterocycles. The van der Waals surface area contributed by atoms with Crippen LogP contribution in [0.3, 0.4) is 0 Å². The van der Waals surface area contributed by atoms with Crippen LogP contribution in [0.15, 0.2) is 0 Å². The summed E-state index contributed by atoms with van der Waals surface area (Å²) in [5, 5.41) is 8.14. The molecule has 1 spiro atoms. The van der Waals surface area contributed by atoms with Crippen LogP contribution in [0.5, 0.6) is 0 Å². The summed E-state index contributed by atoms with van der Waals surface area (Å²) in [7, 11) is 4.03. The van der Waals surface area contributed by atoms with Gasteiger partial charge in [-0.2, -0.15) is 5.10 Å². The summed E-state index contributed by atoms with van der Waals surface area (Å²) < 4.78 is 1.93. The van der Waals surface area contributed by atoms with E-state index in [2.05, 4.69) is 19.2 Å². The smallest absolute Gasteiger partial charge is 0.181 e. The number of carbonyl (C=O) groups is 1. The molecule has 116 valence electrons. The van der Waals surface area contributed by atoms with E-state index in [0.717, 1.165) is 43.9 Å². The third-order valence-corrected chi connectivity index (χ3v) is 4.92. The first-order chi connectivity index (χ1) is 9.93. The van der Waals surface area contributed by atoms with Crippen LogP contribution in [0, 0.1) is 5.41 Å². The molecule has 0 atom stereocenters. The van der Waals surface area contributed by atoms with Gasteiger partial charge >= 0.3 is 0 Å². The van der Waals surface area contributed by atoms with E-state index < -0.39 is 0 Å². The summed E-state index contributed by atoms with van der Waals surface area (Å²) in [6, 6.07) is 0.221. The van der Waals surface area contributed by atoms with E-state index in [9.17, 15) is 4.79 Å². The van der Waals surface area contributed by atoms with Crippen molar-refractivity contribution >= 4 is 11.6 Å². The molecule has 0 amide bonds. The lowest BCUT2D eigenvalue weighted by Crippen LogP contribution is -2.42. The highest BCUT2D eigenvalue weighted by molar-refractivity contribution is 5.99. The highest BCUT2D eigenvalue weighted by Gasteiger charge is 2.43. The molecule has 1 N–H and O–H groups in total. The number of piperidine rings is 1. The van der Waals surface area contributed by atoms with Crippen molar-refractivity contribution in [3.05, 3.63) is 11.3 Å². The topological polar surface area (TPSA) is 50.2 Å². The molecular weight excluding hydrogens is 264 g/mol. The van der Waals surface area contributed by atoms with Gasteiger partial charge in [-0.1, -0.05) is 0 Å². The predicted molar refractivity (Wildman–Crippen MR) is 84.1 cm³/mol.